The van der Waals surface area contributed by atoms with E-state index in [1.54, 1.807) is 0 Å². The first-order valence-electron chi connectivity index (χ1n) is 5.44. The molecule has 1 aromatic carbocycles. The zero-order chi connectivity index (χ0) is 12.7. The van der Waals surface area contributed by atoms with Crippen molar-refractivity contribution < 1.29 is 9.53 Å². The predicted molar refractivity (Wildman–Crippen MR) is 77.1 cm³/mol. The molecule has 0 amide bonds. The lowest BCUT2D eigenvalue weighted by Gasteiger charge is -2.08. The van der Waals surface area contributed by atoms with Crippen LogP contribution in [0.3, 0.4) is 0 Å². The molecule has 0 bridgehead atoms. The van der Waals surface area contributed by atoms with Crippen molar-refractivity contribution in [1.29, 1.82) is 0 Å². The Morgan fingerprint density at radius 3 is 2.41 bits per heavy atom. The van der Waals surface area contributed by atoms with Gasteiger partial charge in [0.15, 0.2) is 0 Å². The molecule has 1 rings (SSSR count). The molecule has 92 valence electrons. The van der Waals surface area contributed by atoms with E-state index in [-0.39, 0.29) is 5.97 Å². The Morgan fingerprint density at radius 1 is 1.24 bits per heavy atom. The van der Waals surface area contributed by atoms with Crippen LogP contribution in [0.4, 0.5) is 0 Å². The van der Waals surface area contributed by atoms with Gasteiger partial charge >= 0.3 is 5.97 Å². The third-order valence-electron chi connectivity index (χ3n) is 2.19. The summed E-state index contributed by atoms with van der Waals surface area (Å²) in [4.78, 5) is 11.9. The largest absolute Gasteiger partial charge is 0.462 e. The normalized spacial score (nSPS) is 9.82. The molecular formula is C13H14Br2O2. The maximum atomic E-state index is 11.9. The van der Waals surface area contributed by atoms with Gasteiger partial charge in [0.05, 0.1) is 15.6 Å². The summed E-state index contributed by atoms with van der Waals surface area (Å²) in [5.74, 6) is -0.312. The maximum absolute atomic E-state index is 11.9. The second-order valence-electron chi connectivity index (χ2n) is 3.49. The summed E-state index contributed by atoms with van der Waals surface area (Å²) >= 11 is 6.57. The lowest BCUT2D eigenvalue weighted by atomic mass is 10.1. The first kappa shape index (κ1) is 14.5. The average Bonchev–Trinajstić information content (AvgIpc) is 2.30. The van der Waals surface area contributed by atoms with Crippen molar-refractivity contribution in [3.8, 4) is 0 Å². The quantitative estimate of drug-likeness (QED) is 0.438. The summed E-state index contributed by atoms with van der Waals surface area (Å²) in [6.07, 6.45) is 1.89. The molecule has 0 aliphatic rings. The molecule has 0 unspecified atom stereocenters. The van der Waals surface area contributed by atoms with Gasteiger partial charge in [-0.3, -0.25) is 0 Å². The van der Waals surface area contributed by atoms with Crippen LogP contribution >= 0.6 is 31.9 Å². The molecule has 4 heteroatoms. The summed E-state index contributed by atoms with van der Waals surface area (Å²) in [5, 5.41) is 0. The highest BCUT2D eigenvalue weighted by molar-refractivity contribution is 9.28. The number of carbonyl (C=O) groups excluding carboxylic acids is 1. The van der Waals surface area contributed by atoms with Crippen molar-refractivity contribution in [3.63, 3.8) is 0 Å². The van der Waals surface area contributed by atoms with E-state index in [9.17, 15) is 4.79 Å². The topological polar surface area (TPSA) is 26.3 Å². The van der Waals surface area contributed by atoms with E-state index in [1.165, 1.54) is 0 Å². The number of unbranched alkanes of at least 4 members (excludes halogenated alkanes) is 1. The second-order valence-corrected chi connectivity index (χ2v) is 6.14. The molecule has 2 nitrogen and oxygen atoms in total. The molecule has 0 spiro atoms. The Bertz CT molecular complexity index is 395. The van der Waals surface area contributed by atoms with E-state index >= 15 is 0 Å². The molecule has 0 N–H and O–H groups in total. The molecule has 1 aromatic rings. The Balaban J connectivity index is 2.82. The fraction of sp³-hybridized carbons (Fsp3) is 0.308. The summed E-state index contributed by atoms with van der Waals surface area (Å²) in [7, 11) is 0. The summed E-state index contributed by atoms with van der Waals surface area (Å²) in [6, 6.07) is 9.43. The molecular weight excluding hydrogens is 348 g/mol. The van der Waals surface area contributed by atoms with E-state index in [4.69, 9.17) is 4.74 Å². The van der Waals surface area contributed by atoms with Crippen molar-refractivity contribution in [2.24, 2.45) is 0 Å². The standard InChI is InChI=1S/C13H14Br2O2/c1-2-3-9-17-13(16)11(12(14)15)10-7-5-4-6-8-10/h4-8H,2-3,9H2,1H3. The molecule has 0 saturated heterocycles. The molecule has 17 heavy (non-hydrogen) atoms. The smallest absolute Gasteiger partial charge is 0.340 e. The van der Waals surface area contributed by atoms with Crippen molar-refractivity contribution >= 4 is 43.4 Å². The van der Waals surface area contributed by atoms with E-state index < -0.39 is 0 Å². The van der Waals surface area contributed by atoms with E-state index in [2.05, 4.69) is 38.8 Å². The van der Waals surface area contributed by atoms with Gasteiger partial charge in [-0.15, -0.1) is 0 Å². The Labute approximate surface area is 118 Å². The van der Waals surface area contributed by atoms with Gasteiger partial charge in [0.1, 0.15) is 0 Å². The fourth-order valence-electron chi connectivity index (χ4n) is 1.29. The molecule has 0 radical (unpaired) electrons. The van der Waals surface area contributed by atoms with Gasteiger partial charge < -0.3 is 4.74 Å². The minimum atomic E-state index is -0.312. The van der Waals surface area contributed by atoms with Gasteiger partial charge in [0.2, 0.25) is 0 Å². The molecule has 0 aromatic heterocycles. The summed E-state index contributed by atoms with van der Waals surface area (Å²) < 4.78 is 5.81. The molecule has 0 fully saturated rings. The van der Waals surface area contributed by atoms with Gasteiger partial charge in [0, 0.05) is 0 Å². The van der Waals surface area contributed by atoms with Crippen molar-refractivity contribution in [2.45, 2.75) is 19.8 Å². The monoisotopic (exact) mass is 360 g/mol. The Morgan fingerprint density at radius 2 is 1.88 bits per heavy atom. The number of esters is 1. The first-order chi connectivity index (χ1) is 8.16. The van der Waals surface area contributed by atoms with Crippen LogP contribution in [0, 0.1) is 0 Å². The number of hydrogen-bond acceptors (Lipinski definition) is 2. The third kappa shape index (κ3) is 4.64. The van der Waals surface area contributed by atoms with Gasteiger partial charge in [-0.25, -0.2) is 4.79 Å². The lowest BCUT2D eigenvalue weighted by Crippen LogP contribution is -2.08. The minimum absolute atomic E-state index is 0.312. The van der Waals surface area contributed by atoms with Crippen molar-refractivity contribution in [1.82, 2.24) is 0 Å². The maximum Gasteiger partial charge on any atom is 0.340 e. The van der Waals surface area contributed by atoms with Crippen LogP contribution in [-0.2, 0) is 9.53 Å². The SMILES string of the molecule is CCCCOC(=O)C(=C(Br)Br)c1ccccc1. The van der Waals surface area contributed by atoms with Crippen molar-refractivity contribution in [2.75, 3.05) is 6.61 Å². The van der Waals surface area contributed by atoms with Crippen LogP contribution in [0.5, 0.6) is 0 Å². The number of rotatable bonds is 5. The number of hydrogen-bond donors (Lipinski definition) is 0. The van der Waals surface area contributed by atoms with Crippen LogP contribution in [-0.4, -0.2) is 12.6 Å². The zero-order valence-electron chi connectivity index (χ0n) is 9.58. The number of ether oxygens (including phenoxy) is 1. The molecule has 0 atom stereocenters. The zero-order valence-corrected chi connectivity index (χ0v) is 12.8. The van der Waals surface area contributed by atoms with Gasteiger partial charge in [0.25, 0.3) is 0 Å². The van der Waals surface area contributed by atoms with Gasteiger partial charge in [-0.05, 0) is 43.8 Å². The lowest BCUT2D eigenvalue weighted by molar-refractivity contribution is -0.136. The number of benzene rings is 1. The number of carbonyl (C=O) groups is 1. The van der Waals surface area contributed by atoms with E-state index in [1.807, 2.05) is 30.3 Å². The van der Waals surface area contributed by atoms with Crippen LogP contribution in [0.2, 0.25) is 0 Å². The Hall–Kier alpha value is -0.610. The van der Waals surface area contributed by atoms with Crippen LogP contribution in [0.25, 0.3) is 5.57 Å². The van der Waals surface area contributed by atoms with Crippen LogP contribution < -0.4 is 0 Å². The van der Waals surface area contributed by atoms with E-state index in [0.29, 0.717) is 15.6 Å². The summed E-state index contributed by atoms with van der Waals surface area (Å²) in [5.41, 5.74) is 1.35. The second kappa shape index (κ2) is 7.67. The summed E-state index contributed by atoms with van der Waals surface area (Å²) in [6.45, 7) is 2.52. The number of halogens is 2. The van der Waals surface area contributed by atoms with Gasteiger partial charge in [-0.1, -0.05) is 43.7 Å². The molecule has 0 aliphatic carbocycles. The Kier molecular flexibility index (Phi) is 6.52. The fourth-order valence-corrected chi connectivity index (χ4v) is 2.07. The predicted octanol–water partition coefficient (Wildman–Crippen LogP) is 4.49. The minimum Gasteiger partial charge on any atom is -0.462 e. The van der Waals surface area contributed by atoms with Crippen LogP contribution in [0.15, 0.2) is 33.7 Å². The highest BCUT2D eigenvalue weighted by Crippen LogP contribution is 2.28. The highest BCUT2D eigenvalue weighted by atomic mass is 79.9. The molecule has 0 aliphatic heterocycles. The average molecular weight is 362 g/mol. The molecule has 0 saturated carbocycles. The van der Waals surface area contributed by atoms with E-state index in [0.717, 1.165) is 18.4 Å². The van der Waals surface area contributed by atoms with Crippen molar-refractivity contribution in [3.05, 3.63) is 39.3 Å². The van der Waals surface area contributed by atoms with Crippen LogP contribution in [0.1, 0.15) is 25.3 Å². The molecule has 0 heterocycles. The van der Waals surface area contributed by atoms with Gasteiger partial charge in [-0.2, -0.15) is 0 Å². The first-order valence-corrected chi connectivity index (χ1v) is 7.03. The highest BCUT2D eigenvalue weighted by Gasteiger charge is 2.16. The third-order valence-corrected chi connectivity index (χ3v) is 2.98.